The first-order chi connectivity index (χ1) is 9.31. The van der Waals surface area contributed by atoms with Crippen molar-refractivity contribution < 1.29 is 9.59 Å². The van der Waals surface area contributed by atoms with Crippen LogP contribution in [-0.4, -0.2) is 42.8 Å². The second kappa shape index (κ2) is 7.41. The van der Waals surface area contributed by atoms with Crippen LogP contribution in [0.25, 0.3) is 0 Å². The maximum atomic E-state index is 11.8. The number of carbonyl (C=O) groups is 2. The SMILES string of the molecule is CC(=O)[C@@H](Cc1ccc(Cl)cc1)NC(C)C(=O)N(C)C. The maximum absolute atomic E-state index is 11.8. The number of halogens is 1. The van der Waals surface area contributed by atoms with Crippen LogP contribution in [0.1, 0.15) is 19.4 Å². The lowest BCUT2D eigenvalue weighted by Gasteiger charge is -2.23. The predicted octanol–water partition coefficient (Wildman–Crippen LogP) is 1.91. The van der Waals surface area contributed by atoms with Gasteiger partial charge in [0.05, 0.1) is 12.1 Å². The predicted molar refractivity (Wildman–Crippen MR) is 80.9 cm³/mol. The van der Waals surface area contributed by atoms with Crippen molar-refractivity contribution in [2.45, 2.75) is 32.4 Å². The van der Waals surface area contributed by atoms with Crippen molar-refractivity contribution in [1.29, 1.82) is 0 Å². The van der Waals surface area contributed by atoms with Gasteiger partial charge in [-0.1, -0.05) is 23.7 Å². The largest absolute Gasteiger partial charge is 0.347 e. The number of nitrogens with one attached hydrogen (secondary N) is 1. The summed E-state index contributed by atoms with van der Waals surface area (Å²) in [5.41, 5.74) is 1.01. The average molecular weight is 297 g/mol. The van der Waals surface area contributed by atoms with Crippen LogP contribution < -0.4 is 5.32 Å². The normalized spacial score (nSPS) is 13.7. The van der Waals surface area contributed by atoms with Gasteiger partial charge < -0.3 is 4.90 Å². The molecule has 0 aliphatic heterocycles. The highest BCUT2D eigenvalue weighted by Gasteiger charge is 2.22. The van der Waals surface area contributed by atoms with Gasteiger partial charge in [0, 0.05) is 19.1 Å². The minimum Gasteiger partial charge on any atom is -0.347 e. The summed E-state index contributed by atoms with van der Waals surface area (Å²) < 4.78 is 0. The van der Waals surface area contributed by atoms with Gasteiger partial charge in [0.1, 0.15) is 5.78 Å². The fourth-order valence-electron chi connectivity index (χ4n) is 1.94. The van der Waals surface area contributed by atoms with E-state index in [2.05, 4.69) is 5.32 Å². The Bertz CT molecular complexity index is 471. The van der Waals surface area contributed by atoms with Crippen molar-refractivity contribution in [2.75, 3.05) is 14.1 Å². The molecule has 0 saturated heterocycles. The van der Waals surface area contributed by atoms with Crippen LogP contribution in [0, 0.1) is 0 Å². The van der Waals surface area contributed by atoms with Gasteiger partial charge in [-0.3, -0.25) is 14.9 Å². The van der Waals surface area contributed by atoms with Gasteiger partial charge in [-0.15, -0.1) is 0 Å². The molecule has 0 bridgehead atoms. The lowest BCUT2D eigenvalue weighted by Crippen LogP contribution is -2.49. The Hall–Kier alpha value is -1.39. The van der Waals surface area contributed by atoms with Crippen molar-refractivity contribution in [3.63, 3.8) is 0 Å². The molecule has 1 aromatic carbocycles. The third-order valence-corrected chi connectivity index (χ3v) is 3.36. The van der Waals surface area contributed by atoms with Crippen molar-refractivity contribution in [1.82, 2.24) is 10.2 Å². The zero-order chi connectivity index (χ0) is 15.3. The van der Waals surface area contributed by atoms with E-state index in [0.29, 0.717) is 11.4 Å². The van der Waals surface area contributed by atoms with Crippen LogP contribution in [0.15, 0.2) is 24.3 Å². The van der Waals surface area contributed by atoms with Crippen LogP contribution >= 0.6 is 11.6 Å². The number of carbonyl (C=O) groups excluding carboxylic acids is 2. The number of amides is 1. The molecule has 0 aliphatic rings. The molecule has 1 amide bonds. The molecule has 110 valence electrons. The third kappa shape index (κ3) is 4.94. The molecule has 4 nitrogen and oxygen atoms in total. The number of rotatable bonds is 6. The topological polar surface area (TPSA) is 49.4 Å². The van der Waals surface area contributed by atoms with E-state index in [1.165, 1.54) is 11.8 Å². The zero-order valence-electron chi connectivity index (χ0n) is 12.3. The number of Topliss-reactive ketones (excluding diaryl/α,β-unsaturated/α-hetero) is 1. The summed E-state index contributed by atoms with van der Waals surface area (Å²) in [4.78, 5) is 25.1. The molecule has 0 aromatic heterocycles. The molecule has 0 fully saturated rings. The molecular formula is C15H21ClN2O2. The maximum Gasteiger partial charge on any atom is 0.238 e. The highest BCUT2D eigenvalue weighted by Crippen LogP contribution is 2.11. The molecule has 2 atom stereocenters. The van der Waals surface area contributed by atoms with Crippen molar-refractivity contribution in [3.8, 4) is 0 Å². The van der Waals surface area contributed by atoms with Crippen LogP contribution in [0.5, 0.6) is 0 Å². The number of benzene rings is 1. The van der Waals surface area contributed by atoms with Crippen molar-refractivity contribution >= 4 is 23.3 Å². The fourth-order valence-corrected chi connectivity index (χ4v) is 2.06. The van der Waals surface area contributed by atoms with Crippen LogP contribution in [0.2, 0.25) is 5.02 Å². The van der Waals surface area contributed by atoms with Gasteiger partial charge in [0.15, 0.2) is 0 Å². The highest BCUT2D eigenvalue weighted by molar-refractivity contribution is 6.30. The molecule has 0 radical (unpaired) electrons. The second-order valence-corrected chi connectivity index (χ2v) is 5.55. The molecule has 0 heterocycles. The minimum absolute atomic E-state index is 0.0124. The van der Waals surface area contributed by atoms with Gasteiger partial charge in [-0.2, -0.15) is 0 Å². The van der Waals surface area contributed by atoms with Gasteiger partial charge in [0.25, 0.3) is 0 Å². The standard InChI is InChI=1S/C15H21ClN2O2/c1-10(15(20)18(3)4)17-14(11(2)19)9-12-5-7-13(16)8-6-12/h5-8,10,14,17H,9H2,1-4H3/t10?,14-/m1/s1. The Balaban J connectivity index is 2.72. The van der Waals surface area contributed by atoms with Crippen molar-refractivity contribution in [3.05, 3.63) is 34.9 Å². The minimum atomic E-state index is -0.397. The van der Waals surface area contributed by atoms with Crippen LogP contribution in [0.3, 0.4) is 0 Å². The lowest BCUT2D eigenvalue weighted by atomic mass is 10.0. The Morgan fingerprint density at radius 3 is 2.25 bits per heavy atom. The van der Waals surface area contributed by atoms with E-state index in [0.717, 1.165) is 5.56 Å². The molecule has 5 heteroatoms. The number of likely N-dealkylation sites (N-methyl/N-ethyl adjacent to an activating group) is 1. The summed E-state index contributed by atoms with van der Waals surface area (Å²) in [5.74, 6) is -0.0364. The summed E-state index contributed by atoms with van der Waals surface area (Å²) in [6.45, 7) is 3.29. The van der Waals surface area contributed by atoms with Crippen LogP contribution in [-0.2, 0) is 16.0 Å². The van der Waals surface area contributed by atoms with Gasteiger partial charge >= 0.3 is 0 Å². The third-order valence-electron chi connectivity index (χ3n) is 3.11. The molecule has 1 N–H and O–H groups in total. The molecule has 0 spiro atoms. The summed E-state index contributed by atoms with van der Waals surface area (Å²) in [6.07, 6.45) is 0.539. The van der Waals surface area contributed by atoms with Crippen molar-refractivity contribution in [2.24, 2.45) is 0 Å². The van der Waals surface area contributed by atoms with E-state index in [9.17, 15) is 9.59 Å². The number of hydrogen-bond acceptors (Lipinski definition) is 3. The first-order valence-electron chi connectivity index (χ1n) is 6.53. The molecule has 20 heavy (non-hydrogen) atoms. The van der Waals surface area contributed by atoms with E-state index < -0.39 is 6.04 Å². The fraction of sp³-hybridized carbons (Fsp3) is 0.467. The number of nitrogens with zero attached hydrogens (tertiary/aromatic N) is 1. The zero-order valence-corrected chi connectivity index (χ0v) is 13.1. The summed E-state index contributed by atoms with van der Waals surface area (Å²) in [6, 6.07) is 6.59. The van der Waals surface area contributed by atoms with E-state index in [4.69, 9.17) is 11.6 Å². The monoisotopic (exact) mass is 296 g/mol. The van der Waals surface area contributed by atoms with Gasteiger partial charge in [0.2, 0.25) is 5.91 Å². The Kier molecular flexibility index (Phi) is 6.17. The molecule has 1 rings (SSSR count). The first-order valence-corrected chi connectivity index (χ1v) is 6.91. The first kappa shape index (κ1) is 16.7. The van der Waals surface area contributed by atoms with E-state index in [-0.39, 0.29) is 17.7 Å². The van der Waals surface area contributed by atoms with Gasteiger partial charge in [-0.05, 0) is 38.0 Å². The van der Waals surface area contributed by atoms with E-state index >= 15 is 0 Å². The highest BCUT2D eigenvalue weighted by atomic mass is 35.5. The molecule has 0 saturated carbocycles. The Morgan fingerprint density at radius 2 is 1.80 bits per heavy atom. The average Bonchev–Trinajstić information content (AvgIpc) is 2.39. The van der Waals surface area contributed by atoms with Crippen LogP contribution in [0.4, 0.5) is 0 Å². The van der Waals surface area contributed by atoms with E-state index in [1.807, 2.05) is 12.1 Å². The quantitative estimate of drug-likeness (QED) is 0.872. The Labute approximate surface area is 125 Å². The summed E-state index contributed by atoms with van der Waals surface area (Å²) >= 11 is 5.84. The molecular weight excluding hydrogens is 276 g/mol. The van der Waals surface area contributed by atoms with E-state index in [1.54, 1.807) is 33.2 Å². The molecule has 0 aliphatic carbocycles. The molecule has 1 aromatic rings. The number of ketones is 1. The molecule has 1 unspecified atom stereocenters. The smallest absolute Gasteiger partial charge is 0.238 e. The Morgan fingerprint density at radius 1 is 1.25 bits per heavy atom. The lowest BCUT2D eigenvalue weighted by molar-refractivity contribution is -0.131. The van der Waals surface area contributed by atoms with Gasteiger partial charge in [-0.25, -0.2) is 0 Å². The summed E-state index contributed by atoms with van der Waals surface area (Å²) in [7, 11) is 3.39. The summed E-state index contributed by atoms with van der Waals surface area (Å²) in [5, 5.41) is 3.75. The second-order valence-electron chi connectivity index (χ2n) is 5.11. The number of hydrogen-bond donors (Lipinski definition) is 1.